The van der Waals surface area contributed by atoms with E-state index in [0.717, 1.165) is 16.3 Å². The average molecular weight is 429 g/mol. The minimum atomic E-state index is -0.629. The van der Waals surface area contributed by atoms with Crippen LogP contribution in [0, 0.1) is 17.0 Å². The van der Waals surface area contributed by atoms with Gasteiger partial charge >= 0.3 is 5.69 Å². The first-order valence-electron chi connectivity index (χ1n) is 9.74. The lowest BCUT2D eigenvalue weighted by atomic mass is 10.0. The number of hydrogen-bond acceptors (Lipinski definition) is 5. The molecule has 0 saturated carbocycles. The molecule has 0 aliphatic carbocycles. The number of hydrogen-bond donors (Lipinski definition) is 2. The summed E-state index contributed by atoms with van der Waals surface area (Å²) in [4.78, 5) is 38.7. The third-order valence-corrected chi connectivity index (χ3v) is 5.19. The maximum Gasteiger partial charge on any atom is 0.311 e. The maximum atomic E-state index is 12.7. The highest BCUT2D eigenvalue weighted by molar-refractivity contribution is 6.04. The number of pyridine rings is 1. The number of benzene rings is 3. The van der Waals surface area contributed by atoms with Gasteiger partial charge in [0.25, 0.3) is 11.5 Å². The molecule has 0 saturated heterocycles. The molecule has 1 heterocycles. The Kier molecular flexibility index (Phi) is 5.43. The number of amides is 1. The number of nitro benzene ring substituents is 1. The molecule has 4 rings (SSSR count). The number of anilines is 1. The fourth-order valence-corrected chi connectivity index (χ4v) is 3.48. The number of aromatic nitrogens is 1. The molecule has 32 heavy (non-hydrogen) atoms. The van der Waals surface area contributed by atoms with E-state index in [9.17, 15) is 19.7 Å². The minimum absolute atomic E-state index is 0.0106. The highest BCUT2D eigenvalue weighted by Gasteiger charge is 2.19. The van der Waals surface area contributed by atoms with Gasteiger partial charge in [-0.2, -0.15) is 0 Å². The zero-order chi connectivity index (χ0) is 22.8. The van der Waals surface area contributed by atoms with Crippen LogP contribution in [0.25, 0.3) is 22.0 Å². The summed E-state index contributed by atoms with van der Waals surface area (Å²) in [7, 11) is 1.31. The zero-order valence-electron chi connectivity index (χ0n) is 17.3. The van der Waals surface area contributed by atoms with Crippen LogP contribution in [0.2, 0.25) is 0 Å². The predicted molar refractivity (Wildman–Crippen MR) is 122 cm³/mol. The Morgan fingerprint density at radius 3 is 2.47 bits per heavy atom. The smallest absolute Gasteiger partial charge is 0.311 e. The van der Waals surface area contributed by atoms with Crippen molar-refractivity contribution in [1.29, 1.82) is 0 Å². The summed E-state index contributed by atoms with van der Waals surface area (Å²) in [5, 5.41) is 15.9. The first-order chi connectivity index (χ1) is 15.4. The molecule has 1 aromatic heterocycles. The first kappa shape index (κ1) is 20.8. The van der Waals surface area contributed by atoms with E-state index in [2.05, 4.69) is 10.3 Å². The third-order valence-electron chi connectivity index (χ3n) is 5.19. The molecule has 0 aliphatic rings. The molecule has 3 aromatic carbocycles. The number of nitrogens with one attached hydrogen (secondary N) is 2. The van der Waals surface area contributed by atoms with Gasteiger partial charge < -0.3 is 15.0 Å². The highest BCUT2D eigenvalue weighted by atomic mass is 16.6. The zero-order valence-corrected chi connectivity index (χ0v) is 17.3. The Morgan fingerprint density at radius 2 is 1.78 bits per heavy atom. The summed E-state index contributed by atoms with van der Waals surface area (Å²) in [5.41, 5.74) is 1.37. The van der Waals surface area contributed by atoms with Crippen LogP contribution in [-0.4, -0.2) is 22.9 Å². The van der Waals surface area contributed by atoms with Crippen molar-refractivity contribution in [3.8, 4) is 17.0 Å². The number of aromatic amines is 1. The van der Waals surface area contributed by atoms with Crippen LogP contribution in [0.1, 0.15) is 15.9 Å². The number of aryl methyl sites for hydroxylation is 1. The van der Waals surface area contributed by atoms with Crippen LogP contribution in [0.4, 0.5) is 11.4 Å². The standard InChI is InChI=1S/C24H19N3O5/c1-14-11-21(27(30)31)22(32-2)13-20(14)26-24(29)18-9-10-19(25-23(18)28)17-8-7-15-5-3-4-6-16(15)12-17/h3-13H,1-2H3,(H,25,28)(H,26,29). The van der Waals surface area contributed by atoms with E-state index in [-0.39, 0.29) is 17.0 Å². The second kappa shape index (κ2) is 8.35. The highest BCUT2D eigenvalue weighted by Crippen LogP contribution is 2.33. The molecule has 1 amide bonds. The summed E-state index contributed by atoms with van der Waals surface area (Å²) >= 11 is 0. The molecule has 0 unspecified atom stereocenters. The molecule has 8 heteroatoms. The van der Waals surface area contributed by atoms with E-state index in [1.54, 1.807) is 13.0 Å². The molecule has 0 radical (unpaired) electrons. The Bertz CT molecular complexity index is 1430. The number of methoxy groups -OCH3 is 1. The molecule has 160 valence electrons. The van der Waals surface area contributed by atoms with E-state index in [1.165, 1.54) is 25.3 Å². The number of nitrogens with zero attached hydrogens (tertiary/aromatic N) is 1. The fourth-order valence-electron chi connectivity index (χ4n) is 3.48. The topological polar surface area (TPSA) is 114 Å². The molecule has 8 nitrogen and oxygen atoms in total. The molecule has 0 aliphatic heterocycles. The third kappa shape index (κ3) is 3.93. The van der Waals surface area contributed by atoms with Crippen LogP contribution >= 0.6 is 0 Å². The number of nitro groups is 1. The number of carbonyl (C=O) groups excluding carboxylic acids is 1. The van der Waals surface area contributed by atoms with Gasteiger partial charge in [0.2, 0.25) is 0 Å². The monoisotopic (exact) mass is 429 g/mol. The fraction of sp³-hybridized carbons (Fsp3) is 0.0833. The van der Waals surface area contributed by atoms with Crippen LogP contribution in [0.15, 0.2) is 71.5 Å². The van der Waals surface area contributed by atoms with Crippen LogP contribution in [0.5, 0.6) is 5.75 Å². The lowest BCUT2D eigenvalue weighted by molar-refractivity contribution is -0.385. The quantitative estimate of drug-likeness (QED) is 0.353. The van der Waals surface area contributed by atoms with Crippen molar-refractivity contribution < 1.29 is 14.5 Å². The van der Waals surface area contributed by atoms with Crippen LogP contribution in [0.3, 0.4) is 0 Å². The lowest BCUT2D eigenvalue weighted by Gasteiger charge is -2.11. The summed E-state index contributed by atoms with van der Waals surface area (Å²) in [5.74, 6) is -0.619. The van der Waals surface area contributed by atoms with E-state index >= 15 is 0 Å². The normalized spacial score (nSPS) is 10.7. The van der Waals surface area contributed by atoms with Crippen LogP contribution < -0.4 is 15.6 Å². The second-order valence-electron chi connectivity index (χ2n) is 7.23. The molecule has 4 aromatic rings. The van der Waals surface area contributed by atoms with Crippen molar-refractivity contribution in [2.24, 2.45) is 0 Å². The van der Waals surface area contributed by atoms with Gasteiger partial charge in [-0.1, -0.05) is 36.4 Å². The van der Waals surface area contributed by atoms with Crippen molar-refractivity contribution in [2.45, 2.75) is 6.92 Å². The average Bonchev–Trinajstić information content (AvgIpc) is 2.79. The molecular formula is C24H19N3O5. The van der Waals surface area contributed by atoms with Gasteiger partial charge in [-0.3, -0.25) is 19.7 Å². The van der Waals surface area contributed by atoms with E-state index in [4.69, 9.17) is 4.74 Å². The second-order valence-corrected chi connectivity index (χ2v) is 7.23. The van der Waals surface area contributed by atoms with Gasteiger partial charge in [0, 0.05) is 23.5 Å². The van der Waals surface area contributed by atoms with E-state index < -0.39 is 16.4 Å². The Labute approximate surface area is 182 Å². The van der Waals surface area contributed by atoms with Crippen molar-refractivity contribution in [3.05, 3.63) is 98.3 Å². The van der Waals surface area contributed by atoms with Crippen molar-refractivity contribution in [3.63, 3.8) is 0 Å². The van der Waals surface area contributed by atoms with Gasteiger partial charge in [-0.05, 0) is 47.0 Å². The molecule has 0 bridgehead atoms. The molecule has 0 atom stereocenters. The number of ether oxygens (including phenoxy) is 1. The molecule has 0 fully saturated rings. The first-order valence-corrected chi connectivity index (χ1v) is 9.74. The minimum Gasteiger partial charge on any atom is -0.490 e. The predicted octanol–water partition coefficient (Wildman–Crippen LogP) is 4.67. The molecule has 0 spiro atoms. The summed E-state index contributed by atoms with van der Waals surface area (Å²) < 4.78 is 5.05. The SMILES string of the molecule is COc1cc(NC(=O)c2ccc(-c3ccc4ccccc4c3)[nH]c2=O)c(C)cc1[N+](=O)[O-]. The van der Waals surface area contributed by atoms with Gasteiger partial charge in [0.1, 0.15) is 5.56 Å². The van der Waals surface area contributed by atoms with Gasteiger partial charge in [-0.25, -0.2) is 0 Å². The van der Waals surface area contributed by atoms with Crippen molar-refractivity contribution in [1.82, 2.24) is 4.98 Å². The van der Waals surface area contributed by atoms with E-state index in [0.29, 0.717) is 16.9 Å². The molecule has 2 N–H and O–H groups in total. The van der Waals surface area contributed by atoms with Crippen molar-refractivity contribution in [2.75, 3.05) is 12.4 Å². The number of fused-ring (bicyclic) bond motifs is 1. The number of carbonyl (C=O) groups is 1. The van der Waals surface area contributed by atoms with E-state index in [1.807, 2.05) is 42.5 Å². The summed E-state index contributed by atoms with van der Waals surface area (Å²) in [6, 6.07) is 19.5. The van der Waals surface area contributed by atoms with Gasteiger partial charge in [-0.15, -0.1) is 0 Å². The Morgan fingerprint density at radius 1 is 1.03 bits per heavy atom. The van der Waals surface area contributed by atoms with Crippen molar-refractivity contribution >= 4 is 28.1 Å². The largest absolute Gasteiger partial charge is 0.490 e. The van der Waals surface area contributed by atoms with Crippen LogP contribution in [-0.2, 0) is 0 Å². The summed E-state index contributed by atoms with van der Waals surface area (Å²) in [6.45, 7) is 1.62. The lowest BCUT2D eigenvalue weighted by Crippen LogP contribution is -2.23. The van der Waals surface area contributed by atoms with Gasteiger partial charge in [0.05, 0.1) is 12.0 Å². The number of H-pyrrole nitrogens is 1. The Hall–Kier alpha value is -4.46. The molecular weight excluding hydrogens is 410 g/mol. The Balaban J connectivity index is 1.62. The maximum absolute atomic E-state index is 12.7. The summed E-state index contributed by atoms with van der Waals surface area (Å²) in [6.07, 6.45) is 0. The number of rotatable bonds is 5. The van der Waals surface area contributed by atoms with Gasteiger partial charge in [0.15, 0.2) is 5.75 Å².